The van der Waals surface area contributed by atoms with Crippen LogP contribution in [0.5, 0.6) is 0 Å². The quantitative estimate of drug-likeness (QED) is 0.503. The van der Waals surface area contributed by atoms with E-state index in [1.165, 1.54) is 43.7 Å². The van der Waals surface area contributed by atoms with Crippen LogP contribution in [-0.4, -0.2) is 15.7 Å². The van der Waals surface area contributed by atoms with Gasteiger partial charge in [0.15, 0.2) is 0 Å². The van der Waals surface area contributed by atoms with E-state index in [4.69, 9.17) is 5.41 Å². The second kappa shape index (κ2) is 11.7. The van der Waals surface area contributed by atoms with Crippen molar-refractivity contribution < 1.29 is 9.00 Å². The van der Waals surface area contributed by atoms with E-state index in [1.54, 1.807) is 24.3 Å². The van der Waals surface area contributed by atoms with E-state index in [-0.39, 0.29) is 11.5 Å². The number of hydrogen-bond donors (Lipinski definition) is 1. The first-order chi connectivity index (χ1) is 15.6. The van der Waals surface area contributed by atoms with Gasteiger partial charge in [-0.15, -0.1) is 0 Å². The molecule has 1 atom stereocenters. The van der Waals surface area contributed by atoms with Gasteiger partial charge >= 0.3 is 0 Å². The average Bonchev–Trinajstić information content (AvgIpc) is 2.85. The largest absolute Gasteiger partial charge is 0.297 e. The van der Waals surface area contributed by atoms with Crippen molar-refractivity contribution in [2.24, 2.45) is 0 Å². The summed E-state index contributed by atoms with van der Waals surface area (Å²) >= 11 is 0. The molecule has 3 nitrogen and oxygen atoms in total. The molecule has 4 heteroatoms. The van der Waals surface area contributed by atoms with Gasteiger partial charge in [-0.2, -0.15) is 0 Å². The van der Waals surface area contributed by atoms with Gasteiger partial charge in [0.25, 0.3) is 0 Å². The lowest BCUT2D eigenvalue weighted by molar-refractivity contribution is 0.106. The van der Waals surface area contributed by atoms with Crippen molar-refractivity contribution in [3.05, 3.63) is 89.5 Å². The number of nitrogens with one attached hydrogen (secondary N) is 1. The predicted molar refractivity (Wildman–Crippen MR) is 134 cm³/mol. The minimum atomic E-state index is -1.35. The van der Waals surface area contributed by atoms with Gasteiger partial charge in [-0.1, -0.05) is 73.9 Å². The van der Waals surface area contributed by atoms with E-state index >= 15 is 0 Å². The standard InChI is InChI=1S/C22H21NO2S.C6H10/c23-20-14-13-18-19(22(20)24)7-4-8-21(18)26(25)17-11-9-16(10-12-17)15-5-2-1-3-6-15;1-3-5-6-4-2/h4,7-15,23H,1-3,5-6H2;3-6H,1-2H3/b;5-3-,6-4-. The van der Waals surface area contributed by atoms with Crippen LogP contribution in [0.4, 0.5) is 0 Å². The number of Topliss-reactive ketones (excluding diaryl/α,β-unsaturated/α-hetero) is 1. The van der Waals surface area contributed by atoms with Crippen LogP contribution in [0.2, 0.25) is 0 Å². The first-order valence-corrected chi connectivity index (χ1v) is 12.4. The van der Waals surface area contributed by atoms with Crippen LogP contribution in [-0.2, 0) is 10.8 Å². The zero-order valence-electron chi connectivity index (χ0n) is 18.8. The fraction of sp³-hybridized carbons (Fsp3) is 0.286. The van der Waals surface area contributed by atoms with Gasteiger partial charge in [-0.25, -0.2) is 4.21 Å². The molecule has 32 heavy (non-hydrogen) atoms. The minimum absolute atomic E-state index is 0.0303. The molecule has 0 aromatic heterocycles. The van der Waals surface area contributed by atoms with E-state index in [9.17, 15) is 9.00 Å². The lowest BCUT2D eigenvalue weighted by atomic mass is 9.84. The molecule has 2 aromatic rings. The fourth-order valence-corrected chi connectivity index (χ4v) is 5.33. The van der Waals surface area contributed by atoms with Crippen molar-refractivity contribution in [1.29, 1.82) is 5.41 Å². The molecule has 1 N–H and O–H groups in total. The summed E-state index contributed by atoms with van der Waals surface area (Å²) in [5, 5.41) is 7.68. The van der Waals surface area contributed by atoms with E-state index in [2.05, 4.69) is 12.1 Å². The molecule has 0 spiro atoms. The van der Waals surface area contributed by atoms with Crippen LogP contribution in [0, 0.1) is 5.41 Å². The molecule has 1 fully saturated rings. The highest BCUT2D eigenvalue weighted by molar-refractivity contribution is 7.85. The number of rotatable bonds is 4. The molecular formula is C28H31NO2S. The molecule has 2 aromatic carbocycles. The normalized spacial score (nSPS) is 17.3. The van der Waals surface area contributed by atoms with Gasteiger partial charge in [-0.05, 0) is 62.4 Å². The minimum Gasteiger partial charge on any atom is -0.297 e. The molecule has 166 valence electrons. The number of carbonyl (C=O) groups is 1. The van der Waals surface area contributed by atoms with Crippen molar-refractivity contribution in [3.8, 4) is 0 Å². The molecule has 0 amide bonds. The highest BCUT2D eigenvalue weighted by Gasteiger charge is 2.23. The van der Waals surface area contributed by atoms with Crippen LogP contribution in [0.3, 0.4) is 0 Å². The second-order valence-electron chi connectivity index (χ2n) is 8.02. The van der Waals surface area contributed by atoms with E-state index in [0.717, 1.165) is 4.90 Å². The third kappa shape index (κ3) is 5.68. The van der Waals surface area contributed by atoms with Crippen LogP contribution >= 0.6 is 0 Å². The summed E-state index contributed by atoms with van der Waals surface area (Å²) in [5.41, 5.74) is 2.44. The maximum Gasteiger partial charge on any atom is 0.211 e. The van der Waals surface area contributed by atoms with Crippen molar-refractivity contribution >= 4 is 28.4 Å². The Labute approximate surface area is 193 Å². The molecule has 0 radical (unpaired) electrons. The number of fused-ring (bicyclic) bond motifs is 1. The van der Waals surface area contributed by atoms with E-state index in [1.807, 2.05) is 50.3 Å². The van der Waals surface area contributed by atoms with Crippen molar-refractivity contribution in [2.75, 3.05) is 0 Å². The molecular weight excluding hydrogens is 414 g/mol. The summed E-state index contributed by atoms with van der Waals surface area (Å²) in [7, 11) is -1.35. The Bertz CT molecular complexity index is 1060. The first-order valence-electron chi connectivity index (χ1n) is 11.3. The highest BCUT2D eigenvalue weighted by atomic mass is 32.2. The van der Waals surface area contributed by atoms with Crippen LogP contribution < -0.4 is 0 Å². The van der Waals surface area contributed by atoms with Gasteiger partial charge in [0, 0.05) is 16.0 Å². The topological polar surface area (TPSA) is 58.0 Å². The van der Waals surface area contributed by atoms with Gasteiger partial charge in [-0.3, -0.25) is 10.2 Å². The molecule has 4 rings (SSSR count). The molecule has 2 aliphatic rings. The Morgan fingerprint density at radius 2 is 1.56 bits per heavy atom. The lowest BCUT2D eigenvalue weighted by Gasteiger charge is -2.22. The molecule has 1 saturated carbocycles. The molecule has 2 aliphatic carbocycles. The van der Waals surface area contributed by atoms with Gasteiger partial charge in [0.1, 0.15) is 5.71 Å². The molecule has 0 aliphatic heterocycles. The van der Waals surface area contributed by atoms with Gasteiger partial charge in [0.2, 0.25) is 5.78 Å². The zero-order chi connectivity index (χ0) is 22.9. The van der Waals surface area contributed by atoms with Crippen molar-refractivity contribution in [2.45, 2.75) is 61.7 Å². The lowest BCUT2D eigenvalue weighted by Crippen LogP contribution is -2.16. The predicted octanol–water partition coefficient (Wildman–Crippen LogP) is 7.27. The Hall–Kier alpha value is -2.85. The number of benzene rings is 2. The SMILES string of the molecule is C/C=C\C=C/C.N=C1C=Cc2c(cccc2S(=O)c2ccc(C3CCCCC3)cc2)C1=O. The third-order valence-corrected chi connectivity index (χ3v) is 7.29. The maximum absolute atomic E-state index is 13.1. The van der Waals surface area contributed by atoms with Gasteiger partial charge < -0.3 is 0 Å². The van der Waals surface area contributed by atoms with E-state index < -0.39 is 10.8 Å². The Balaban J connectivity index is 0.000000427. The summed E-state index contributed by atoms with van der Waals surface area (Å²) < 4.78 is 13.1. The monoisotopic (exact) mass is 445 g/mol. The molecule has 0 saturated heterocycles. The Morgan fingerprint density at radius 1 is 0.906 bits per heavy atom. The van der Waals surface area contributed by atoms with Gasteiger partial charge in [0.05, 0.1) is 15.7 Å². The number of carbonyl (C=O) groups excluding carboxylic acids is 1. The number of ketones is 1. The number of hydrogen-bond acceptors (Lipinski definition) is 3. The zero-order valence-corrected chi connectivity index (χ0v) is 19.7. The summed E-state index contributed by atoms with van der Waals surface area (Å²) in [4.78, 5) is 13.6. The van der Waals surface area contributed by atoms with Crippen molar-refractivity contribution in [1.82, 2.24) is 0 Å². The molecule has 0 heterocycles. The summed E-state index contributed by atoms with van der Waals surface area (Å²) in [6, 6.07) is 13.4. The van der Waals surface area contributed by atoms with Crippen LogP contribution in [0.15, 0.2) is 82.6 Å². The highest BCUT2D eigenvalue weighted by Crippen LogP contribution is 2.33. The molecule has 1 unspecified atom stereocenters. The Kier molecular flexibility index (Phi) is 8.69. The fourth-order valence-electron chi connectivity index (χ4n) is 4.11. The average molecular weight is 446 g/mol. The van der Waals surface area contributed by atoms with E-state index in [0.29, 0.717) is 21.9 Å². The maximum atomic E-state index is 13.1. The smallest absolute Gasteiger partial charge is 0.211 e. The van der Waals surface area contributed by atoms with Crippen LogP contribution in [0.1, 0.15) is 73.4 Å². The second-order valence-corrected chi connectivity index (χ2v) is 9.47. The summed E-state index contributed by atoms with van der Waals surface area (Å²) in [5.74, 6) is 0.316. The summed E-state index contributed by atoms with van der Waals surface area (Å²) in [6.45, 7) is 4.00. The van der Waals surface area contributed by atoms with Crippen LogP contribution in [0.25, 0.3) is 6.08 Å². The molecule has 0 bridgehead atoms. The third-order valence-electron chi connectivity index (χ3n) is 5.84. The van der Waals surface area contributed by atoms with Crippen molar-refractivity contribution in [3.63, 3.8) is 0 Å². The first kappa shape index (κ1) is 23.8. The summed E-state index contributed by atoms with van der Waals surface area (Å²) in [6.07, 6.45) is 17.6. The number of allylic oxidation sites excluding steroid dienone is 5. The Morgan fingerprint density at radius 3 is 2.19 bits per heavy atom.